The molecule has 0 unspecified atom stereocenters. The zero-order chi connectivity index (χ0) is 12.3. The summed E-state index contributed by atoms with van der Waals surface area (Å²) < 4.78 is 4.55. The third-order valence-electron chi connectivity index (χ3n) is 1.44. The van der Waals surface area contributed by atoms with E-state index in [4.69, 9.17) is 0 Å². The number of carbonyl (C=O) groups excluding carboxylic acids is 1. The molecule has 0 amide bonds. The van der Waals surface area contributed by atoms with Crippen LogP contribution in [-0.2, 0) is 4.74 Å². The molecule has 0 bridgehead atoms. The van der Waals surface area contributed by atoms with Gasteiger partial charge >= 0.3 is 5.97 Å². The second-order valence-corrected chi connectivity index (χ2v) is 2.36. The van der Waals surface area contributed by atoms with Gasteiger partial charge in [-0.25, -0.2) is 4.79 Å². The zero-order valence-electron chi connectivity index (χ0n) is 10.6. The second kappa shape index (κ2) is 10.8. The van der Waals surface area contributed by atoms with Gasteiger partial charge in [-0.15, -0.1) is 0 Å². The monoisotopic (exact) mass is 210 g/mol. The lowest BCUT2D eigenvalue weighted by Gasteiger charge is -1.98. The Balaban J connectivity index is 0. The van der Waals surface area contributed by atoms with E-state index in [2.05, 4.69) is 4.74 Å². The Morgan fingerprint density at radius 3 is 2.07 bits per heavy atom. The first-order chi connectivity index (χ1) is 7.24. The minimum atomic E-state index is -0.284. The topological polar surface area (TPSA) is 26.3 Å². The van der Waals surface area contributed by atoms with Crippen LogP contribution in [-0.4, -0.2) is 13.1 Å². The highest BCUT2D eigenvalue weighted by Crippen LogP contribution is 2.04. The van der Waals surface area contributed by atoms with Gasteiger partial charge in [0.05, 0.1) is 12.7 Å². The highest BCUT2D eigenvalue weighted by atomic mass is 16.5. The molecular weight excluding hydrogens is 188 g/mol. The number of ether oxygens (including phenoxy) is 1. The molecule has 1 rings (SSSR count). The fraction of sp³-hybridized carbons (Fsp3) is 0.462. The highest BCUT2D eigenvalue weighted by Gasteiger charge is 2.02. The normalized spacial score (nSPS) is 7.60. The molecule has 0 radical (unpaired) electrons. The molecule has 0 saturated heterocycles. The Bertz CT molecular complexity index is 267. The van der Waals surface area contributed by atoms with Gasteiger partial charge < -0.3 is 4.74 Å². The van der Waals surface area contributed by atoms with Crippen molar-refractivity contribution in [2.24, 2.45) is 0 Å². The van der Waals surface area contributed by atoms with Crippen LogP contribution in [0.25, 0.3) is 0 Å². The van der Waals surface area contributed by atoms with E-state index < -0.39 is 0 Å². The number of hydrogen-bond donors (Lipinski definition) is 0. The van der Waals surface area contributed by atoms with Crippen LogP contribution in [0.4, 0.5) is 0 Å². The van der Waals surface area contributed by atoms with Gasteiger partial charge in [0, 0.05) is 0 Å². The molecule has 0 fully saturated rings. The van der Waals surface area contributed by atoms with Gasteiger partial charge in [-0.3, -0.25) is 0 Å². The zero-order valence-corrected chi connectivity index (χ0v) is 10.6. The Morgan fingerprint density at radius 2 is 1.67 bits per heavy atom. The van der Waals surface area contributed by atoms with E-state index in [0.717, 1.165) is 5.56 Å². The number of hydrogen-bond acceptors (Lipinski definition) is 2. The molecule has 1 aromatic carbocycles. The van der Waals surface area contributed by atoms with Crippen molar-refractivity contribution < 1.29 is 9.53 Å². The fourth-order valence-corrected chi connectivity index (χ4v) is 0.890. The van der Waals surface area contributed by atoms with Crippen LogP contribution in [0.3, 0.4) is 0 Å². The average Bonchev–Trinajstić information content (AvgIpc) is 2.33. The summed E-state index contributed by atoms with van der Waals surface area (Å²) in [7, 11) is 1.38. The predicted molar refractivity (Wildman–Crippen MR) is 65.2 cm³/mol. The number of rotatable bonds is 1. The molecule has 0 aromatic heterocycles. The van der Waals surface area contributed by atoms with Gasteiger partial charge in [0.1, 0.15) is 0 Å². The molecular formula is C13H22O2. The van der Waals surface area contributed by atoms with Crippen LogP contribution >= 0.6 is 0 Å². The van der Waals surface area contributed by atoms with Crippen molar-refractivity contribution in [3.05, 3.63) is 35.4 Å². The molecule has 0 N–H and O–H groups in total. The molecule has 86 valence electrons. The average molecular weight is 210 g/mol. The Morgan fingerprint density at radius 1 is 1.13 bits per heavy atom. The third-order valence-corrected chi connectivity index (χ3v) is 1.44. The predicted octanol–water partition coefficient (Wildman–Crippen LogP) is 3.83. The minimum absolute atomic E-state index is 0.284. The van der Waals surface area contributed by atoms with Crippen LogP contribution in [0.1, 0.15) is 43.6 Å². The Hall–Kier alpha value is -1.31. The minimum Gasteiger partial charge on any atom is -0.465 e. The van der Waals surface area contributed by atoms with E-state index in [1.54, 1.807) is 12.1 Å². The summed E-state index contributed by atoms with van der Waals surface area (Å²) in [4.78, 5) is 10.9. The molecule has 0 spiro atoms. The van der Waals surface area contributed by atoms with Crippen molar-refractivity contribution in [1.29, 1.82) is 0 Å². The number of benzene rings is 1. The molecule has 0 atom stereocenters. The van der Waals surface area contributed by atoms with Gasteiger partial charge in [0.15, 0.2) is 0 Å². The number of methoxy groups -OCH3 is 1. The van der Waals surface area contributed by atoms with Gasteiger partial charge in [-0.05, 0) is 19.1 Å². The molecule has 0 saturated carbocycles. The van der Waals surface area contributed by atoms with Gasteiger partial charge in [0.2, 0.25) is 0 Å². The SMILES string of the molecule is CC.CC.COC(=O)c1cccc(C)c1. The van der Waals surface area contributed by atoms with E-state index in [-0.39, 0.29) is 5.97 Å². The van der Waals surface area contributed by atoms with E-state index in [9.17, 15) is 4.79 Å². The lowest BCUT2D eigenvalue weighted by molar-refractivity contribution is 0.0600. The summed E-state index contributed by atoms with van der Waals surface area (Å²) in [5, 5.41) is 0. The van der Waals surface area contributed by atoms with Crippen molar-refractivity contribution >= 4 is 5.97 Å². The summed E-state index contributed by atoms with van der Waals surface area (Å²) in [5.41, 5.74) is 1.67. The van der Waals surface area contributed by atoms with Gasteiger partial charge in [-0.2, -0.15) is 0 Å². The number of carbonyl (C=O) groups is 1. The molecule has 0 aliphatic carbocycles. The Labute approximate surface area is 93.3 Å². The first-order valence-electron chi connectivity index (χ1n) is 5.39. The van der Waals surface area contributed by atoms with E-state index in [1.165, 1.54) is 7.11 Å². The third kappa shape index (κ3) is 6.72. The lowest BCUT2D eigenvalue weighted by atomic mass is 10.1. The summed E-state index contributed by atoms with van der Waals surface area (Å²) in [5.74, 6) is -0.284. The maximum atomic E-state index is 10.9. The maximum absolute atomic E-state index is 10.9. The highest BCUT2D eigenvalue weighted by molar-refractivity contribution is 5.89. The first kappa shape index (κ1) is 16.1. The van der Waals surface area contributed by atoms with Crippen LogP contribution in [0.2, 0.25) is 0 Å². The van der Waals surface area contributed by atoms with Crippen molar-refractivity contribution in [1.82, 2.24) is 0 Å². The van der Waals surface area contributed by atoms with Crippen LogP contribution < -0.4 is 0 Å². The quantitative estimate of drug-likeness (QED) is 0.658. The summed E-state index contributed by atoms with van der Waals surface area (Å²) in [6.07, 6.45) is 0. The standard InChI is InChI=1S/C9H10O2.2C2H6/c1-7-4-3-5-8(6-7)9(10)11-2;2*1-2/h3-6H,1-2H3;2*1-2H3. The second-order valence-electron chi connectivity index (χ2n) is 2.36. The lowest BCUT2D eigenvalue weighted by Crippen LogP contribution is -2.00. The largest absolute Gasteiger partial charge is 0.465 e. The Kier molecular flexibility index (Phi) is 11.6. The van der Waals surface area contributed by atoms with Crippen LogP contribution in [0.15, 0.2) is 24.3 Å². The molecule has 0 heterocycles. The summed E-state index contributed by atoms with van der Waals surface area (Å²) >= 11 is 0. The maximum Gasteiger partial charge on any atom is 0.337 e. The summed E-state index contributed by atoms with van der Waals surface area (Å²) in [6.45, 7) is 9.94. The molecule has 0 aliphatic rings. The van der Waals surface area contributed by atoms with E-state index in [0.29, 0.717) is 5.56 Å². The smallest absolute Gasteiger partial charge is 0.337 e. The van der Waals surface area contributed by atoms with Gasteiger partial charge in [-0.1, -0.05) is 45.4 Å². The fourth-order valence-electron chi connectivity index (χ4n) is 0.890. The van der Waals surface area contributed by atoms with Crippen LogP contribution in [0.5, 0.6) is 0 Å². The van der Waals surface area contributed by atoms with Crippen molar-refractivity contribution in [3.63, 3.8) is 0 Å². The molecule has 2 heteroatoms. The van der Waals surface area contributed by atoms with E-state index in [1.807, 2.05) is 46.8 Å². The van der Waals surface area contributed by atoms with E-state index >= 15 is 0 Å². The summed E-state index contributed by atoms with van der Waals surface area (Å²) in [6, 6.07) is 7.30. The molecule has 0 aliphatic heterocycles. The molecule has 2 nitrogen and oxygen atoms in total. The van der Waals surface area contributed by atoms with Crippen molar-refractivity contribution in [2.75, 3.05) is 7.11 Å². The number of aryl methyl sites for hydroxylation is 1. The van der Waals surface area contributed by atoms with Crippen LogP contribution in [0, 0.1) is 6.92 Å². The van der Waals surface area contributed by atoms with Gasteiger partial charge in [0.25, 0.3) is 0 Å². The molecule has 1 aromatic rings. The first-order valence-corrected chi connectivity index (χ1v) is 5.39. The van der Waals surface area contributed by atoms with Crippen molar-refractivity contribution in [3.8, 4) is 0 Å². The molecule has 15 heavy (non-hydrogen) atoms. The number of esters is 1. The van der Waals surface area contributed by atoms with Crippen molar-refractivity contribution in [2.45, 2.75) is 34.6 Å².